The molecule has 0 fully saturated rings. The van der Waals surface area contributed by atoms with E-state index >= 15 is 0 Å². The Balaban J connectivity index is 2.30. The quantitative estimate of drug-likeness (QED) is 0.681. The number of anilines is 1. The van der Waals surface area contributed by atoms with Crippen LogP contribution in [-0.2, 0) is 0 Å². The molecule has 19 heavy (non-hydrogen) atoms. The van der Waals surface area contributed by atoms with Crippen LogP contribution in [-0.4, -0.2) is 9.91 Å². The van der Waals surface area contributed by atoms with Crippen molar-refractivity contribution in [1.82, 2.24) is 4.98 Å². The molecule has 5 nitrogen and oxygen atoms in total. The molecule has 100 valence electrons. The first kappa shape index (κ1) is 13.5. The maximum Gasteiger partial charge on any atom is 0.274 e. The van der Waals surface area contributed by atoms with Crippen LogP contribution in [0.3, 0.4) is 0 Å². The van der Waals surface area contributed by atoms with E-state index in [1.165, 1.54) is 0 Å². The first-order valence-corrected chi connectivity index (χ1v) is 6.77. The number of nitrogens with zero attached hydrogens (tertiary/aromatic N) is 2. The molecule has 0 aliphatic carbocycles. The summed E-state index contributed by atoms with van der Waals surface area (Å²) >= 11 is 1.56. The van der Waals surface area contributed by atoms with Gasteiger partial charge < -0.3 is 5.32 Å². The summed E-state index contributed by atoms with van der Waals surface area (Å²) in [7, 11) is 0. The number of nitrogens with one attached hydrogen (secondary N) is 1. The molecular formula is C13H15N3O2S. The van der Waals surface area contributed by atoms with E-state index in [9.17, 15) is 10.1 Å². The van der Waals surface area contributed by atoms with Crippen molar-refractivity contribution in [3.63, 3.8) is 0 Å². The van der Waals surface area contributed by atoms with Crippen LogP contribution in [0.15, 0.2) is 23.8 Å². The molecular weight excluding hydrogens is 262 g/mol. The number of aryl methyl sites for hydroxylation is 2. The van der Waals surface area contributed by atoms with Crippen LogP contribution in [0.2, 0.25) is 0 Å². The fraction of sp³-hybridized carbons (Fsp3) is 0.308. The summed E-state index contributed by atoms with van der Waals surface area (Å²) in [5.74, 6) is 0. The Kier molecular flexibility index (Phi) is 3.80. The second-order valence-corrected chi connectivity index (χ2v) is 5.40. The highest BCUT2D eigenvalue weighted by Crippen LogP contribution is 2.29. The molecule has 0 saturated heterocycles. The Morgan fingerprint density at radius 2 is 2.11 bits per heavy atom. The van der Waals surface area contributed by atoms with Gasteiger partial charge in [0, 0.05) is 28.4 Å². The van der Waals surface area contributed by atoms with Crippen molar-refractivity contribution in [2.45, 2.75) is 26.8 Å². The summed E-state index contributed by atoms with van der Waals surface area (Å²) in [4.78, 5) is 15.8. The molecule has 1 atom stereocenters. The number of nitro benzene ring substituents is 1. The molecule has 0 radical (unpaired) electrons. The first-order chi connectivity index (χ1) is 8.99. The standard InChI is InChI=1S/C13H15N3O2S/c1-8-4-9(2)12(16(17)18)5-11(8)15-10(3)13-6-14-7-19-13/h4-7,10,15H,1-3H3. The van der Waals surface area contributed by atoms with E-state index in [2.05, 4.69) is 10.3 Å². The third kappa shape index (κ3) is 2.90. The molecule has 0 bridgehead atoms. The average Bonchev–Trinajstić information content (AvgIpc) is 2.85. The number of thiazole rings is 1. The molecule has 0 aliphatic rings. The molecule has 1 heterocycles. The molecule has 2 aromatic rings. The minimum Gasteiger partial charge on any atom is -0.377 e. The van der Waals surface area contributed by atoms with Gasteiger partial charge in [-0.05, 0) is 32.4 Å². The minimum absolute atomic E-state index is 0.0773. The summed E-state index contributed by atoms with van der Waals surface area (Å²) in [5, 5.41) is 14.3. The third-order valence-corrected chi connectivity index (χ3v) is 3.95. The largest absolute Gasteiger partial charge is 0.377 e. The smallest absolute Gasteiger partial charge is 0.274 e. The van der Waals surface area contributed by atoms with Crippen LogP contribution in [0.4, 0.5) is 11.4 Å². The lowest BCUT2D eigenvalue weighted by Gasteiger charge is -2.16. The van der Waals surface area contributed by atoms with E-state index in [0.29, 0.717) is 5.56 Å². The zero-order chi connectivity index (χ0) is 14.0. The number of nitro groups is 1. The summed E-state index contributed by atoms with van der Waals surface area (Å²) in [5.41, 5.74) is 4.39. The van der Waals surface area contributed by atoms with Gasteiger partial charge in [0.25, 0.3) is 5.69 Å². The lowest BCUT2D eigenvalue weighted by atomic mass is 10.1. The highest BCUT2D eigenvalue weighted by atomic mass is 32.1. The van der Waals surface area contributed by atoms with Crippen molar-refractivity contribution < 1.29 is 4.92 Å². The number of hydrogen-bond donors (Lipinski definition) is 1. The predicted molar refractivity (Wildman–Crippen MR) is 76.7 cm³/mol. The summed E-state index contributed by atoms with van der Waals surface area (Å²) in [6.45, 7) is 5.71. The van der Waals surface area contributed by atoms with Crippen LogP contribution < -0.4 is 5.32 Å². The Morgan fingerprint density at radius 3 is 2.68 bits per heavy atom. The van der Waals surface area contributed by atoms with Crippen LogP contribution in [0, 0.1) is 24.0 Å². The third-order valence-electron chi connectivity index (χ3n) is 2.99. The topological polar surface area (TPSA) is 68.1 Å². The van der Waals surface area contributed by atoms with E-state index < -0.39 is 0 Å². The molecule has 0 spiro atoms. The molecule has 2 rings (SSSR count). The molecule has 1 unspecified atom stereocenters. The van der Waals surface area contributed by atoms with Gasteiger partial charge in [0.1, 0.15) is 0 Å². The SMILES string of the molecule is Cc1cc(C)c([N+](=O)[O-])cc1NC(C)c1cncs1. The average molecular weight is 277 g/mol. The molecule has 6 heteroatoms. The maximum absolute atomic E-state index is 11.0. The number of hydrogen-bond acceptors (Lipinski definition) is 5. The second-order valence-electron chi connectivity index (χ2n) is 4.48. The summed E-state index contributed by atoms with van der Waals surface area (Å²) in [6, 6.07) is 3.51. The van der Waals surface area contributed by atoms with Crippen molar-refractivity contribution in [3.05, 3.63) is 50.0 Å². The molecule has 0 aliphatic heterocycles. The van der Waals surface area contributed by atoms with Crippen LogP contribution in [0.5, 0.6) is 0 Å². The minimum atomic E-state index is -0.350. The number of benzene rings is 1. The zero-order valence-electron chi connectivity index (χ0n) is 11.0. The van der Waals surface area contributed by atoms with E-state index in [0.717, 1.165) is 16.1 Å². The molecule has 1 aromatic carbocycles. The van der Waals surface area contributed by atoms with Crippen molar-refractivity contribution in [1.29, 1.82) is 0 Å². The summed E-state index contributed by atoms with van der Waals surface area (Å²) in [6.07, 6.45) is 1.81. The van der Waals surface area contributed by atoms with Crippen molar-refractivity contribution in [2.75, 3.05) is 5.32 Å². The van der Waals surface area contributed by atoms with Gasteiger partial charge in [-0.2, -0.15) is 0 Å². The normalized spacial score (nSPS) is 12.2. The van der Waals surface area contributed by atoms with Crippen LogP contribution >= 0.6 is 11.3 Å². The van der Waals surface area contributed by atoms with Gasteiger partial charge in [-0.15, -0.1) is 11.3 Å². The van der Waals surface area contributed by atoms with Gasteiger partial charge >= 0.3 is 0 Å². The first-order valence-electron chi connectivity index (χ1n) is 5.89. The molecule has 0 amide bonds. The summed E-state index contributed by atoms with van der Waals surface area (Å²) < 4.78 is 0. The van der Waals surface area contributed by atoms with Gasteiger partial charge in [-0.3, -0.25) is 15.1 Å². The highest BCUT2D eigenvalue weighted by Gasteiger charge is 2.15. The van der Waals surface area contributed by atoms with Gasteiger partial charge in [-0.1, -0.05) is 0 Å². The Hall–Kier alpha value is -1.95. The van der Waals surface area contributed by atoms with Crippen LogP contribution in [0.1, 0.15) is 29.0 Å². The van der Waals surface area contributed by atoms with E-state index in [1.54, 1.807) is 36.0 Å². The molecule has 0 saturated carbocycles. The van der Waals surface area contributed by atoms with Gasteiger partial charge in [0.05, 0.1) is 16.5 Å². The second kappa shape index (κ2) is 5.36. The fourth-order valence-corrected chi connectivity index (χ4v) is 2.57. The van der Waals surface area contributed by atoms with E-state index in [4.69, 9.17) is 0 Å². The van der Waals surface area contributed by atoms with Crippen LogP contribution in [0.25, 0.3) is 0 Å². The van der Waals surface area contributed by atoms with Gasteiger partial charge in [0.2, 0.25) is 0 Å². The number of rotatable bonds is 4. The van der Waals surface area contributed by atoms with E-state index in [1.807, 2.05) is 19.9 Å². The van der Waals surface area contributed by atoms with Crippen molar-refractivity contribution >= 4 is 22.7 Å². The van der Waals surface area contributed by atoms with Crippen molar-refractivity contribution in [3.8, 4) is 0 Å². The zero-order valence-corrected chi connectivity index (χ0v) is 11.8. The molecule has 1 N–H and O–H groups in total. The Bertz CT molecular complexity index is 596. The monoisotopic (exact) mass is 277 g/mol. The predicted octanol–water partition coefficient (Wildman–Crippen LogP) is 3.84. The molecule has 1 aromatic heterocycles. The Morgan fingerprint density at radius 1 is 1.37 bits per heavy atom. The lowest BCUT2D eigenvalue weighted by Crippen LogP contribution is -2.07. The van der Waals surface area contributed by atoms with E-state index in [-0.39, 0.29) is 16.7 Å². The van der Waals surface area contributed by atoms with Crippen molar-refractivity contribution in [2.24, 2.45) is 0 Å². The number of aromatic nitrogens is 1. The van der Waals surface area contributed by atoms with Gasteiger partial charge in [0.15, 0.2) is 0 Å². The lowest BCUT2D eigenvalue weighted by molar-refractivity contribution is -0.385. The Labute approximate surface area is 115 Å². The maximum atomic E-state index is 11.0. The van der Waals surface area contributed by atoms with Gasteiger partial charge in [-0.25, -0.2) is 0 Å². The highest BCUT2D eigenvalue weighted by molar-refractivity contribution is 7.09. The fourth-order valence-electron chi connectivity index (χ4n) is 1.94.